The third-order valence-corrected chi connectivity index (χ3v) is 5.04. The zero-order chi connectivity index (χ0) is 21.3. The number of H-pyrrole nitrogens is 1. The van der Waals surface area contributed by atoms with Gasteiger partial charge in [-0.05, 0) is 54.3 Å². The second-order valence-corrected chi connectivity index (χ2v) is 7.26. The normalized spacial score (nSPS) is 10.7. The Balaban J connectivity index is 1.71. The first-order chi connectivity index (χ1) is 14.6. The summed E-state index contributed by atoms with van der Waals surface area (Å²) in [6.07, 6.45) is 3.80. The summed E-state index contributed by atoms with van der Waals surface area (Å²) in [5, 5.41) is 18.0. The van der Waals surface area contributed by atoms with Gasteiger partial charge in [-0.2, -0.15) is 0 Å². The lowest BCUT2D eigenvalue weighted by Crippen LogP contribution is -2.17. The van der Waals surface area contributed by atoms with Gasteiger partial charge in [0.15, 0.2) is 5.78 Å². The lowest BCUT2D eigenvalue weighted by atomic mass is 10.0. The number of rotatable bonds is 10. The van der Waals surface area contributed by atoms with Crippen molar-refractivity contribution in [1.82, 2.24) is 10.5 Å². The number of aromatic hydroxyl groups is 1. The Morgan fingerprint density at radius 1 is 0.833 bits per heavy atom. The molecule has 6 nitrogen and oxygen atoms in total. The van der Waals surface area contributed by atoms with Crippen LogP contribution in [-0.4, -0.2) is 27.0 Å². The standard InChI is InChI=1S/C24H26N2O4/c27-19-14-12-18(13-15-19)21-16-20(17-8-4-3-5-9-17)24(25-21)22(28)10-6-1-2-7-11-23(29)26-30/h3-5,8-9,12-16,25,27,30H,1-2,6-7,10-11H2,(H,26,29). The number of Topliss-reactive ketones (excluding diaryl/α,β-unsaturated/α-hetero) is 1. The molecule has 3 aromatic rings. The van der Waals surface area contributed by atoms with Crippen LogP contribution >= 0.6 is 0 Å². The molecule has 30 heavy (non-hydrogen) atoms. The van der Waals surface area contributed by atoms with Crippen molar-refractivity contribution in [2.24, 2.45) is 0 Å². The molecule has 0 aliphatic rings. The molecule has 0 saturated heterocycles. The molecule has 1 heterocycles. The molecule has 1 amide bonds. The smallest absolute Gasteiger partial charge is 0.243 e. The summed E-state index contributed by atoms with van der Waals surface area (Å²) in [7, 11) is 0. The van der Waals surface area contributed by atoms with Gasteiger partial charge in [-0.1, -0.05) is 43.2 Å². The zero-order valence-electron chi connectivity index (χ0n) is 16.7. The van der Waals surface area contributed by atoms with Gasteiger partial charge in [0, 0.05) is 24.1 Å². The van der Waals surface area contributed by atoms with Gasteiger partial charge in [0.25, 0.3) is 0 Å². The van der Waals surface area contributed by atoms with Crippen molar-refractivity contribution in [3.05, 3.63) is 66.4 Å². The van der Waals surface area contributed by atoms with E-state index >= 15 is 0 Å². The van der Waals surface area contributed by atoms with Gasteiger partial charge in [0.2, 0.25) is 5.91 Å². The van der Waals surface area contributed by atoms with Crippen molar-refractivity contribution in [1.29, 1.82) is 0 Å². The van der Waals surface area contributed by atoms with E-state index in [0.29, 0.717) is 18.5 Å². The van der Waals surface area contributed by atoms with E-state index in [-0.39, 0.29) is 23.9 Å². The molecule has 0 aliphatic carbocycles. The van der Waals surface area contributed by atoms with Crippen LogP contribution in [0.2, 0.25) is 0 Å². The largest absolute Gasteiger partial charge is 0.508 e. The van der Waals surface area contributed by atoms with Crippen LogP contribution in [0.3, 0.4) is 0 Å². The number of ketones is 1. The Bertz CT molecular complexity index is 978. The molecular weight excluding hydrogens is 380 g/mol. The summed E-state index contributed by atoms with van der Waals surface area (Å²) in [6, 6.07) is 18.6. The summed E-state index contributed by atoms with van der Waals surface area (Å²) >= 11 is 0. The van der Waals surface area contributed by atoms with E-state index in [2.05, 4.69) is 4.98 Å². The first kappa shape index (κ1) is 21.3. The third kappa shape index (κ3) is 5.58. The van der Waals surface area contributed by atoms with Crippen LogP contribution in [0.15, 0.2) is 60.7 Å². The topological polar surface area (TPSA) is 102 Å². The number of benzene rings is 2. The van der Waals surface area contributed by atoms with Crippen LogP contribution in [0.25, 0.3) is 22.4 Å². The number of carbonyl (C=O) groups excluding carboxylic acids is 2. The van der Waals surface area contributed by atoms with Crippen LogP contribution in [0.4, 0.5) is 0 Å². The van der Waals surface area contributed by atoms with Crippen molar-refractivity contribution >= 4 is 11.7 Å². The molecule has 1 aromatic heterocycles. The van der Waals surface area contributed by atoms with Crippen molar-refractivity contribution in [3.63, 3.8) is 0 Å². The Labute approximate surface area is 175 Å². The van der Waals surface area contributed by atoms with Crippen LogP contribution in [-0.2, 0) is 4.79 Å². The highest BCUT2D eigenvalue weighted by atomic mass is 16.5. The predicted octanol–water partition coefficient (Wildman–Crippen LogP) is 5.08. The summed E-state index contributed by atoms with van der Waals surface area (Å²) in [5.74, 6) is -0.139. The van der Waals surface area contributed by atoms with E-state index in [1.54, 1.807) is 17.6 Å². The molecule has 0 aliphatic heterocycles. The first-order valence-corrected chi connectivity index (χ1v) is 10.1. The number of carbonyl (C=O) groups is 2. The van der Waals surface area contributed by atoms with E-state index in [0.717, 1.165) is 41.6 Å². The minimum Gasteiger partial charge on any atom is -0.508 e. The Morgan fingerprint density at radius 3 is 2.17 bits per heavy atom. The molecule has 0 saturated carbocycles. The molecule has 3 rings (SSSR count). The molecule has 0 spiro atoms. The van der Waals surface area contributed by atoms with E-state index < -0.39 is 0 Å². The predicted molar refractivity (Wildman–Crippen MR) is 115 cm³/mol. The van der Waals surface area contributed by atoms with Gasteiger partial charge >= 0.3 is 0 Å². The van der Waals surface area contributed by atoms with E-state index in [1.165, 1.54) is 0 Å². The second kappa shape index (κ2) is 10.4. The lowest BCUT2D eigenvalue weighted by Gasteiger charge is -2.04. The molecule has 6 heteroatoms. The van der Waals surface area contributed by atoms with Gasteiger partial charge in [-0.25, -0.2) is 5.48 Å². The van der Waals surface area contributed by atoms with Crippen LogP contribution in [0.5, 0.6) is 5.75 Å². The molecule has 0 fully saturated rings. The molecule has 2 aromatic carbocycles. The summed E-state index contributed by atoms with van der Waals surface area (Å²) in [5.41, 5.74) is 5.77. The molecule has 4 N–H and O–H groups in total. The average Bonchev–Trinajstić information content (AvgIpc) is 3.22. The fourth-order valence-corrected chi connectivity index (χ4v) is 3.42. The maximum atomic E-state index is 13.0. The molecular formula is C24H26N2O4. The SMILES string of the molecule is O=C(CCCCCCC(=O)c1[nH]c(-c2ccc(O)cc2)cc1-c1ccccc1)NO. The van der Waals surface area contributed by atoms with Crippen molar-refractivity contribution in [2.75, 3.05) is 0 Å². The zero-order valence-corrected chi connectivity index (χ0v) is 16.7. The lowest BCUT2D eigenvalue weighted by molar-refractivity contribution is -0.129. The Morgan fingerprint density at radius 2 is 1.50 bits per heavy atom. The van der Waals surface area contributed by atoms with E-state index in [9.17, 15) is 14.7 Å². The number of hydrogen-bond donors (Lipinski definition) is 4. The number of phenolic OH excluding ortho intramolecular Hbond substituents is 1. The highest BCUT2D eigenvalue weighted by molar-refractivity contribution is 6.02. The average molecular weight is 406 g/mol. The third-order valence-electron chi connectivity index (χ3n) is 5.04. The van der Waals surface area contributed by atoms with Gasteiger partial charge in [0.1, 0.15) is 5.75 Å². The van der Waals surface area contributed by atoms with Crippen molar-refractivity contribution in [2.45, 2.75) is 38.5 Å². The summed E-state index contributed by atoms with van der Waals surface area (Å²) in [6.45, 7) is 0. The highest BCUT2D eigenvalue weighted by Gasteiger charge is 2.17. The maximum absolute atomic E-state index is 13.0. The number of hydrogen-bond acceptors (Lipinski definition) is 4. The first-order valence-electron chi connectivity index (χ1n) is 10.1. The molecule has 0 radical (unpaired) electrons. The fraction of sp³-hybridized carbons (Fsp3) is 0.250. The number of phenols is 1. The number of aromatic nitrogens is 1. The van der Waals surface area contributed by atoms with Crippen molar-refractivity contribution < 1.29 is 19.9 Å². The quantitative estimate of drug-likeness (QED) is 0.163. The number of nitrogens with one attached hydrogen (secondary N) is 2. The highest BCUT2D eigenvalue weighted by Crippen LogP contribution is 2.31. The van der Waals surface area contributed by atoms with Gasteiger partial charge in [0.05, 0.1) is 5.69 Å². The van der Waals surface area contributed by atoms with E-state index in [1.807, 2.05) is 48.5 Å². The summed E-state index contributed by atoms with van der Waals surface area (Å²) in [4.78, 5) is 27.2. The van der Waals surface area contributed by atoms with Crippen LogP contribution in [0.1, 0.15) is 49.0 Å². The number of hydroxylamine groups is 1. The second-order valence-electron chi connectivity index (χ2n) is 7.26. The molecule has 0 unspecified atom stereocenters. The maximum Gasteiger partial charge on any atom is 0.243 e. The Hall–Kier alpha value is -3.38. The monoisotopic (exact) mass is 406 g/mol. The number of amides is 1. The molecule has 156 valence electrons. The minimum absolute atomic E-state index is 0.0481. The number of aromatic amines is 1. The van der Waals surface area contributed by atoms with Gasteiger partial charge < -0.3 is 10.1 Å². The van der Waals surface area contributed by atoms with Gasteiger partial charge in [-0.15, -0.1) is 0 Å². The number of unbranched alkanes of at least 4 members (excludes halogenated alkanes) is 3. The summed E-state index contributed by atoms with van der Waals surface area (Å²) < 4.78 is 0. The minimum atomic E-state index is -0.383. The molecule has 0 bridgehead atoms. The van der Waals surface area contributed by atoms with Gasteiger partial charge in [-0.3, -0.25) is 14.8 Å². The Kier molecular flexibility index (Phi) is 7.40. The van der Waals surface area contributed by atoms with E-state index in [4.69, 9.17) is 5.21 Å². The van der Waals surface area contributed by atoms with Crippen LogP contribution in [0, 0.1) is 0 Å². The van der Waals surface area contributed by atoms with Crippen LogP contribution < -0.4 is 5.48 Å². The van der Waals surface area contributed by atoms with Crippen molar-refractivity contribution in [3.8, 4) is 28.1 Å². The molecule has 0 atom stereocenters. The fourth-order valence-electron chi connectivity index (χ4n) is 3.42.